The third-order valence-electron chi connectivity index (χ3n) is 3.62. The van der Waals surface area contributed by atoms with E-state index in [0.29, 0.717) is 6.04 Å². The summed E-state index contributed by atoms with van der Waals surface area (Å²) in [6.45, 7) is 4.01. The summed E-state index contributed by atoms with van der Waals surface area (Å²) in [6, 6.07) is 0.390. The quantitative estimate of drug-likeness (QED) is 0.693. The third-order valence-corrected chi connectivity index (χ3v) is 3.62. The van der Waals surface area contributed by atoms with E-state index in [4.69, 9.17) is 0 Å². The fourth-order valence-electron chi connectivity index (χ4n) is 2.31. The molecule has 14 heavy (non-hydrogen) atoms. The first kappa shape index (κ1) is 9.97. The Bertz CT molecular complexity index is 217. The summed E-state index contributed by atoms with van der Waals surface area (Å²) in [7, 11) is 0. The van der Waals surface area contributed by atoms with Crippen LogP contribution >= 0.6 is 0 Å². The number of rotatable bonds is 2. The van der Waals surface area contributed by atoms with Gasteiger partial charge in [-0.25, -0.2) is 0 Å². The lowest BCUT2D eigenvalue weighted by Gasteiger charge is -2.36. The fourth-order valence-corrected chi connectivity index (χ4v) is 2.31. The Balaban J connectivity index is 1.87. The summed E-state index contributed by atoms with van der Waals surface area (Å²) < 4.78 is 0. The van der Waals surface area contributed by atoms with Gasteiger partial charge in [-0.05, 0) is 12.8 Å². The number of nitrogens with one attached hydrogen (secondary N) is 2. The summed E-state index contributed by atoms with van der Waals surface area (Å²) in [5, 5.41) is 6.29. The van der Waals surface area contributed by atoms with Crippen LogP contribution in [0.3, 0.4) is 0 Å². The second kappa shape index (κ2) is 3.89. The number of hydrogen-bond donors (Lipinski definition) is 2. The molecular formula is C11H20N2O. The molecule has 3 nitrogen and oxygen atoms in total. The van der Waals surface area contributed by atoms with Crippen molar-refractivity contribution < 1.29 is 4.79 Å². The van der Waals surface area contributed by atoms with Gasteiger partial charge in [-0.3, -0.25) is 4.79 Å². The van der Waals surface area contributed by atoms with E-state index in [2.05, 4.69) is 17.6 Å². The first-order valence-corrected chi connectivity index (χ1v) is 5.72. The van der Waals surface area contributed by atoms with E-state index >= 15 is 0 Å². The second-order valence-corrected chi connectivity index (χ2v) is 4.95. The zero-order valence-corrected chi connectivity index (χ0v) is 8.94. The Hall–Kier alpha value is -0.570. The topological polar surface area (TPSA) is 41.1 Å². The minimum Gasteiger partial charge on any atom is -0.350 e. The van der Waals surface area contributed by atoms with Crippen LogP contribution in [0.25, 0.3) is 0 Å². The molecular weight excluding hydrogens is 176 g/mol. The van der Waals surface area contributed by atoms with Crippen LogP contribution in [0, 0.1) is 5.41 Å². The van der Waals surface area contributed by atoms with Crippen molar-refractivity contribution >= 4 is 5.91 Å². The van der Waals surface area contributed by atoms with Crippen LogP contribution in [-0.2, 0) is 4.79 Å². The molecule has 0 atom stereocenters. The van der Waals surface area contributed by atoms with Crippen LogP contribution in [0.2, 0.25) is 0 Å². The number of hydrogen-bond acceptors (Lipinski definition) is 2. The summed E-state index contributed by atoms with van der Waals surface area (Å²) in [5.41, 5.74) is -0.0756. The molecule has 1 aliphatic heterocycles. The van der Waals surface area contributed by atoms with Gasteiger partial charge in [0, 0.05) is 18.5 Å². The minimum absolute atomic E-state index is 0.0756. The van der Waals surface area contributed by atoms with Crippen LogP contribution in [0.5, 0.6) is 0 Å². The van der Waals surface area contributed by atoms with Crippen molar-refractivity contribution in [2.75, 3.05) is 13.1 Å². The van der Waals surface area contributed by atoms with Crippen molar-refractivity contribution in [2.24, 2.45) is 5.41 Å². The van der Waals surface area contributed by atoms with Gasteiger partial charge in [-0.1, -0.05) is 26.2 Å². The summed E-state index contributed by atoms with van der Waals surface area (Å²) >= 11 is 0. The maximum atomic E-state index is 12.0. The summed E-state index contributed by atoms with van der Waals surface area (Å²) in [6.07, 6.45) is 5.87. The zero-order valence-electron chi connectivity index (χ0n) is 8.94. The molecule has 3 heteroatoms. The molecule has 0 aromatic carbocycles. The molecule has 2 fully saturated rings. The smallest absolute Gasteiger partial charge is 0.226 e. The van der Waals surface area contributed by atoms with Gasteiger partial charge in [0.2, 0.25) is 5.91 Å². The zero-order chi connectivity index (χ0) is 10.0. The average molecular weight is 196 g/mol. The Kier molecular flexibility index (Phi) is 2.77. The number of carbonyl (C=O) groups is 1. The highest BCUT2D eigenvalue weighted by atomic mass is 16.2. The standard InChI is InChI=1S/C11H20N2O/c1-11(5-3-2-4-6-11)10(14)13-9-7-12-8-9/h9,12H,2-8H2,1H3,(H,13,14). The van der Waals surface area contributed by atoms with Crippen molar-refractivity contribution in [3.8, 4) is 0 Å². The maximum Gasteiger partial charge on any atom is 0.226 e. The summed E-state index contributed by atoms with van der Waals surface area (Å²) in [4.78, 5) is 12.0. The largest absolute Gasteiger partial charge is 0.350 e. The van der Waals surface area contributed by atoms with Gasteiger partial charge in [0.25, 0.3) is 0 Å². The molecule has 2 rings (SSSR count). The first-order chi connectivity index (χ1) is 6.71. The van der Waals surface area contributed by atoms with Gasteiger partial charge in [0.1, 0.15) is 0 Å². The Labute approximate surface area is 85.6 Å². The van der Waals surface area contributed by atoms with Crippen molar-refractivity contribution in [3.63, 3.8) is 0 Å². The van der Waals surface area contributed by atoms with Gasteiger partial charge in [0.05, 0.1) is 6.04 Å². The van der Waals surface area contributed by atoms with Crippen molar-refractivity contribution in [1.82, 2.24) is 10.6 Å². The molecule has 1 aliphatic carbocycles. The molecule has 2 N–H and O–H groups in total. The van der Waals surface area contributed by atoms with E-state index < -0.39 is 0 Å². The molecule has 1 heterocycles. The van der Waals surface area contributed by atoms with E-state index in [0.717, 1.165) is 25.9 Å². The molecule has 0 aromatic rings. The number of carbonyl (C=O) groups excluding carboxylic acids is 1. The predicted octanol–water partition coefficient (Wildman–Crippen LogP) is 1.04. The Morgan fingerprint density at radius 3 is 2.43 bits per heavy atom. The molecule has 0 spiro atoms. The minimum atomic E-state index is -0.0756. The van der Waals surface area contributed by atoms with E-state index in [1.54, 1.807) is 0 Å². The van der Waals surface area contributed by atoms with Gasteiger partial charge in [-0.15, -0.1) is 0 Å². The van der Waals surface area contributed by atoms with Crippen LogP contribution < -0.4 is 10.6 Å². The molecule has 0 unspecified atom stereocenters. The van der Waals surface area contributed by atoms with E-state index in [-0.39, 0.29) is 11.3 Å². The van der Waals surface area contributed by atoms with Crippen LogP contribution in [0.1, 0.15) is 39.0 Å². The van der Waals surface area contributed by atoms with Crippen molar-refractivity contribution in [2.45, 2.75) is 45.1 Å². The third kappa shape index (κ3) is 1.92. The van der Waals surface area contributed by atoms with Crippen LogP contribution in [0.4, 0.5) is 0 Å². The monoisotopic (exact) mass is 196 g/mol. The van der Waals surface area contributed by atoms with Crippen LogP contribution in [-0.4, -0.2) is 25.0 Å². The Morgan fingerprint density at radius 2 is 1.93 bits per heavy atom. The molecule has 0 bridgehead atoms. The van der Waals surface area contributed by atoms with Crippen molar-refractivity contribution in [3.05, 3.63) is 0 Å². The van der Waals surface area contributed by atoms with Gasteiger partial charge >= 0.3 is 0 Å². The second-order valence-electron chi connectivity index (χ2n) is 4.95. The molecule has 0 radical (unpaired) electrons. The predicted molar refractivity (Wildman–Crippen MR) is 56.0 cm³/mol. The normalized spacial score (nSPS) is 26.6. The maximum absolute atomic E-state index is 12.0. The SMILES string of the molecule is CC1(C(=O)NC2CNC2)CCCCC1. The van der Waals surface area contributed by atoms with E-state index in [9.17, 15) is 4.79 Å². The molecule has 2 aliphatic rings. The lowest BCUT2D eigenvalue weighted by Crippen LogP contribution is -2.59. The molecule has 0 aromatic heterocycles. The van der Waals surface area contributed by atoms with Crippen LogP contribution in [0.15, 0.2) is 0 Å². The average Bonchev–Trinajstić information content (AvgIpc) is 2.12. The number of amides is 1. The molecule has 80 valence electrons. The van der Waals surface area contributed by atoms with E-state index in [1.807, 2.05) is 0 Å². The highest BCUT2D eigenvalue weighted by Gasteiger charge is 2.36. The molecule has 1 amide bonds. The van der Waals surface area contributed by atoms with Gasteiger partial charge in [-0.2, -0.15) is 0 Å². The summed E-state index contributed by atoms with van der Waals surface area (Å²) in [5.74, 6) is 0.281. The highest BCUT2D eigenvalue weighted by Crippen LogP contribution is 2.35. The lowest BCUT2D eigenvalue weighted by molar-refractivity contribution is -0.133. The van der Waals surface area contributed by atoms with Crippen molar-refractivity contribution in [1.29, 1.82) is 0 Å². The highest BCUT2D eigenvalue weighted by molar-refractivity contribution is 5.82. The Morgan fingerprint density at radius 1 is 1.29 bits per heavy atom. The first-order valence-electron chi connectivity index (χ1n) is 5.72. The van der Waals surface area contributed by atoms with E-state index in [1.165, 1.54) is 19.3 Å². The van der Waals surface area contributed by atoms with Gasteiger partial charge < -0.3 is 10.6 Å². The van der Waals surface area contributed by atoms with Gasteiger partial charge in [0.15, 0.2) is 0 Å². The lowest BCUT2D eigenvalue weighted by atomic mass is 9.75. The fraction of sp³-hybridized carbons (Fsp3) is 0.909. The molecule has 1 saturated carbocycles. The molecule has 1 saturated heterocycles.